The van der Waals surface area contributed by atoms with Gasteiger partial charge < -0.3 is 4.74 Å². The zero-order valence-electron chi connectivity index (χ0n) is 15.9. The molecule has 0 amide bonds. The van der Waals surface area contributed by atoms with Crippen LogP contribution in [0.1, 0.15) is 58.8 Å². The molecule has 0 heterocycles. The molecule has 0 aliphatic heterocycles. The Morgan fingerprint density at radius 3 is 2.29 bits per heavy atom. The summed E-state index contributed by atoms with van der Waals surface area (Å²) >= 11 is 0. The summed E-state index contributed by atoms with van der Waals surface area (Å²) in [7, 11) is -1.82. The van der Waals surface area contributed by atoms with Gasteiger partial charge in [-0.1, -0.05) is 93.3 Å². The van der Waals surface area contributed by atoms with E-state index in [1.807, 2.05) is 0 Å². The fourth-order valence-corrected chi connectivity index (χ4v) is 5.53. The lowest BCUT2D eigenvalue weighted by molar-refractivity contribution is -0.137. The summed E-state index contributed by atoms with van der Waals surface area (Å²) < 4.78 is 5.38. The van der Waals surface area contributed by atoms with Gasteiger partial charge in [0.05, 0.1) is 6.61 Å². The molecule has 0 aromatic heterocycles. The van der Waals surface area contributed by atoms with Crippen LogP contribution in [0.15, 0.2) is 41.6 Å². The van der Waals surface area contributed by atoms with Gasteiger partial charge in [0, 0.05) is 6.08 Å². The third kappa shape index (κ3) is 7.04. The first-order valence-corrected chi connectivity index (χ1v) is 12.5. The van der Waals surface area contributed by atoms with E-state index in [-0.39, 0.29) is 5.97 Å². The average Bonchev–Trinajstić information content (AvgIpc) is 2.58. The van der Waals surface area contributed by atoms with Crippen LogP contribution in [0.3, 0.4) is 0 Å². The van der Waals surface area contributed by atoms with E-state index in [0.29, 0.717) is 6.61 Å². The van der Waals surface area contributed by atoms with Gasteiger partial charge in [-0.3, -0.25) is 0 Å². The van der Waals surface area contributed by atoms with Crippen LogP contribution < -0.4 is 5.19 Å². The molecule has 1 rings (SSSR count). The van der Waals surface area contributed by atoms with Crippen LogP contribution in [0.2, 0.25) is 13.1 Å². The van der Waals surface area contributed by atoms with Gasteiger partial charge in [0.15, 0.2) is 0 Å². The van der Waals surface area contributed by atoms with Gasteiger partial charge >= 0.3 is 5.97 Å². The van der Waals surface area contributed by atoms with E-state index in [2.05, 4.69) is 57.3 Å². The zero-order chi connectivity index (χ0) is 17.8. The van der Waals surface area contributed by atoms with Crippen molar-refractivity contribution in [1.29, 1.82) is 0 Å². The molecule has 0 saturated heterocycles. The minimum absolute atomic E-state index is 0.162. The second-order valence-electron chi connectivity index (χ2n) is 6.99. The van der Waals surface area contributed by atoms with Gasteiger partial charge in [0.2, 0.25) is 0 Å². The van der Waals surface area contributed by atoms with Gasteiger partial charge in [-0.2, -0.15) is 0 Å². The molecule has 0 atom stereocenters. The van der Waals surface area contributed by atoms with Gasteiger partial charge in [-0.15, -0.1) is 0 Å². The Morgan fingerprint density at radius 1 is 1.00 bits per heavy atom. The Kier molecular flexibility index (Phi) is 9.69. The van der Waals surface area contributed by atoms with Crippen molar-refractivity contribution in [2.24, 2.45) is 0 Å². The molecule has 1 aromatic carbocycles. The molecule has 134 valence electrons. The molecule has 0 fully saturated rings. The summed E-state index contributed by atoms with van der Waals surface area (Å²) in [4.78, 5) is 12.2. The largest absolute Gasteiger partial charge is 0.463 e. The number of rotatable bonds is 11. The van der Waals surface area contributed by atoms with Crippen LogP contribution in [0.5, 0.6) is 0 Å². The molecule has 2 nitrogen and oxygen atoms in total. The van der Waals surface area contributed by atoms with E-state index in [1.165, 1.54) is 29.6 Å². The maximum absolute atomic E-state index is 12.2. The van der Waals surface area contributed by atoms with E-state index in [0.717, 1.165) is 25.7 Å². The highest BCUT2D eigenvalue weighted by Crippen LogP contribution is 2.22. The smallest absolute Gasteiger partial charge is 0.330 e. The number of unbranched alkanes of at least 4 members (excludes halogenated alkanes) is 4. The minimum Gasteiger partial charge on any atom is -0.463 e. The highest BCUT2D eigenvalue weighted by atomic mass is 28.3. The standard InChI is InChI=1S/C21H34O2Si/c1-5-7-9-11-16-20(18-21(22)23-17-8-6-2)24(3,4)19-14-12-10-13-15-19/h10,12-15,18H,5-9,11,16-17H2,1-4H3/b20-18-. The Hall–Kier alpha value is -1.35. The molecular formula is C21H34O2Si. The molecule has 1 aromatic rings. The van der Waals surface area contributed by atoms with Crippen molar-refractivity contribution < 1.29 is 9.53 Å². The number of benzene rings is 1. The summed E-state index contributed by atoms with van der Waals surface area (Å²) in [6.45, 7) is 9.54. The lowest BCUT2D eigenvalue weighted by Crippen LogP contribution is -2.44. The molecule has 0 aliphatic rings. The summed E-state index contributed by atoms with van der Waals surface area (Å²) in [5, 5.41) is 2.69. The van der Waals surface area contributed by atoms with Crippen molar-refractivity contribution in [3.8, 4) is 0 Å². The lowest BCUT2D eigenvalue weighted by atomic mass is 10.1. The van der Waals surface area contributed by atoms with Crippen molar-refractivity contribution >= 4 is 19.2 Å². The van der Waals surface area contributed by atoms with Crippen molar-refractivity contribution in [3.05, 3.63) is 41.6 Å². The van der Waals surface area contributed by atoms with Gasteiger partial charge in [0.25, 0.3) is 0 Å². The molecule has 0 radical (unpaired) electrons. The fourth-order valence-electron chi connectivity index (χ4n) is 2.85. The topological polar surface area (TPSA) is 26.3 Å². The van der Waals surface area contributed by atoms with Crippen molar-refractivity contribution in [1.82, 2.24) is 0 Å². The predicted octanol–water partition coefficient (Wildman–Crippen LogP) is 5.38. The van der Waals surface area contributed by atoms with Gasteiger partial charge in [0.1, 0.15) is 8.07 Å². The Balaban J connectivity index is 2.89. The molecule has 0 aliphatic carbocycles. The first-order valence-electron chi connectivity index (χ1n) is 9.45. The first kappa shape index (κ1) is 20.7. The SMILES string of the molecule is CCCCCC/C(=C/C(=O)OCCCC)[Si](C)(C)c1ccccc1. The zero-order valence-corrected chi connectivity index (χ0v) is 16.9. The quantitative estimate of drug-likeness (QED) is 0.233. The van der Waals surface area contributed by atoms with Crippen molar-refractivity contribution in [2.75, 3.05) is 6.61 Å². The number of hydrogen-bond acceptors (Lipinski definition) is 2. The maximum Gasteiger partial charge on any atom is 0.330 e. The second kappa shape index (κ2) is 11.2. The molecule has 0 unspecified atom stereocenters. The maximum atomic E-state index is 12.2. The third-order valence-electron chi connectivity index (χ3n) is 4.63. The molecule has 0 bridgehead atoms. The first-order chi connectivity index (χ1) is 11.5. The number of ether oxygens (including phenoxy) is 1. The van der Waals surface area contributed by atoms with Gasteiger partial charge in [-0.25, -0.2) is 4.79 Å². The number of allylic oxidation sites excluding steroid dienone is 1. The van der Waals surface area contributed by atoms with Crippen LogP contribution in [0.4, 0.5) is 0 Å². The van der Waals surface area contributed by atoms with Crippen LogP contribution in [0, 0.1) is 0 Å². The number of carbonyl (C=O) groups excluding carboxylic acids is 1. The van der Waals surface area contributed by atoms with E-state index in [9.17, 15) is 4.79 Å². The van der Waals surface area contributed by atoms with Crippen molar-refractivity contribution in [2.45, 2.75) is 71.9 Å². The molecule has 0 saturated carbocycles. The summed E-state index contributed by atoms with van der Waals surface area (Å²) in [5.41, 5.74) is 0. The normalized spacial score (nSPS) is 12.2. The van der Waals surface area contributed by atoms with E-state index < -0.39 is 8.07 Å². The number of esters is 1. The third-order valence-corrected chi connectivity index (χ3v) is 8.41. The molecule has 0 spiro atoms. The van der Waals surface area contributed by atoms with E-state index in [1.54, 1.807) is 6.08 Å². The highest BCUT2D eigenvalue weighted by Gasteiger charge is 2.28. The van der Waals surface area contributed by atoms with Crippen LogP contribution >= 0.6 is 0 Å². The molecule has 24 heavy (non-hydrogen) atoms. The average molecular weight is 347 g/mol. The Labute approximate surface area is 149 Å². The van der Waals surface area contributed by atoms with E-state index >= 15 is 0 Å². The van der Waals surface area contributed by atoms with Gasteiger partial charge in [-0.05, 0) is 19.3 Å². The number of carbonyl (C=O) groups is 1. The van der Waals surface area contributed by atoms with Crippen molar-refractivity contribution in [3.63, 3.8) is 0 Å². The van der Waals surface area contributed by atoms with Crippen LogP contribution in [0.25, 0.3) is 0 Å². The summed E-state index contributed by atoms with van der Waals surface area (Å²) in [5.74, 6) is -0.162. The van der Waals surface area contributed by atoms with E-state index in [4.69, 9.17) is 4.74 Å². The number of hydrogen-bond donors (Lipinski definition) is 0. The highest BCUT2D eigenvalue weighted by molar-refractivity contribution is 6.95. The summed E-state index contributed by atoms with van der Waals surface area (Å²) in [6.07, 6.45) is 9.69. The molecular weight excluding hydrogens is 312 g/mol. The molecule has 0 N–H and O–H groups in total. The van der Waals surface area contributed by atoms with Crippen LogP contribution in [-0.4, -0.2) is 20.7 Å². The summed E-state index contributed by atoms with van der Waals surface area (Å²) in [6, 6.07) is 10.7. The Morgan fingerprint density at radius 2 is 1.67 bits per heavy atom. The minimum atomic E-state index is -1.82. The van der Waals surface area contributed by atoms with Crippen LogP contribution in [-0.2, 0) is 9.53 Å². The monoisotopic (exact) mass is 346 g/mol. The fraction of sp³-hybridized carbons (Fsp3) is 0.571. The lowest BCUT2D eigenvalue weighted by Gasteiger charge is -2.27. The predicted molar refractivity (Wildman–Crippen MR) is 106 cm³/mol. The second-order valence-corrected chi connectivity index (χ2v) is 11.5. The molecule has 3 heteroatoms. The Bertz CT molecular complexity index is 506.